The standard InChI is InChI=1S/C20H20F2N4O5S2/c1-2-9-26-16-8-7-14(33(23,29)30)10-15(16)24-20(26)32-11-17(27)25-18(28)12-3-5-13(6-4-12)31-19(21)22/h3-8,10,19H,2,9,11H2,1H3,(H2,23,29,30)(H,25,27,28). The minimum absolute atomic E-state index is 0.0685. The van der Waals surface area contributed by atoms with E-state index in [4.69, 9.17) is 5.14 Å². The first kappa shape index (κ1) is 24.6. The molecule has 176 valence electrons. The molecule has 0 unspecified atom stereocenters. The normalized spacial score (nSPS) is 11.7. The number of hydrogen-bond acceptors (Lipinski definition) is 7. The number of nitrogens with zero attached hydrogens (tertiary/aromatic N) is 2. The van der Waals surface area contributed by atoms with E-state index in [0.717, 1.165) is 18.2 Å². The largest absolute Gasteiger partial charge is 0.435 e. The number of carbonyl (C=O) groups excluding carboxylic acids is 2. The Balaban J connectivity index is 1.69. The van der Waals surface area contributed by atoms with Crippen LogP contribution in [0.4, 0.5) is 8.78 Å². The monoisotopic (exact) mass is 498 g/mol. The van der Waals surface area contributed by atoms with Gasteiger partial charge in [0.1, 0.15) is 5.75 Å². The van der Waals surface area contributed by atoms with Crippen LogP contribution in [0, 0.1) is 0 Å². The lowest BCUT2D eigenvalue weighted by Gasteiger charge is -2.08. The summed E-state index contributed by atoms with van der Waals surface area (Å²) < 4.78 is 53.7. The lowest BCUT2D eigenvalue weighted by molar-refractivity contribution is -0.117. The molecule has 0 fully saturated rings. The van der Waals surface area contributed by atoms with Gasteiger partial charge in [0.05, 0.1) is 21.7 Å². The lowest BCUT2D eigenvalue weighted by Crippen LogP contribution is -2.31. The number of primary sulfonamides is 1. The zero-order valence-electron chi connectivity index (χ0n) is 17.3. The number of fused-ring (bicyclic) bond motifs is 1. The molecular formula is C20H20F2N4O5S2. The zero-order chi connectivity index (χ0) is 24.2. The molecule has 9 nitrogen and oxygen atoms in total. The Morgan fingerprint density at radius 1 is 1.21 bits per heavy atom. The molecular weight excluding hydrogens is 478 g/mol. The number of nitrogens with one attached hydrogen (secondary N) is 1. The van der Waals surface area contributed by atoms with Crippen molar-refractivity contribution in [2.45, 2.75) is 36.6 Å². The number of aryl methyl sites for hydroxylation is 1. The van der Waals surface area contributed by atoms with Crippen LogP contribution in [0.1, 0.15) is 23.7 Å². The summed E-state index contributed by atoms with van der Waals surface area (Å²) in [7, 11) is -3.89. The Labute approximate surface area is 192 Å². The summed E-state index contributed by atoms with van der Waals surface area (Å²) in [6.45, 7) is -0.435. The first-order chi connectivity index (χ1) is 15.6. The van der Waals surface area contributed by atoms with Crippen molar-refractivity contribution in [3.05, 3.63) is 48.0 Å². The number of nitrogens with two attached hydrogens (primary N) is 1. The van der Waals surface area contributed by atoms with E-state index in [1.54, 1.807) is 6.07 Å². The van der Waals surface area contributed by atoms with Crippen LogP contribution in [0.2, 0.25) is 0 Å². The summed E-state index contributed by atoms with van der Waals surface area (Å²) in [6.07, 6.45) is 0.770. The highest BCUT2D eigenvalue weighted by molar-refractivity contribution is 7.99. The van der Waals surface area contributed by atoms with Crippen molar-refractivity contribution in [3.8, 4) is 5.75 Å². The Hall–Kier alpha value is -3.03. The SMILES string of the molecule is CCCn1c(SCC(=O)NC(=O)c2ccc(OC(F)F)cc2)nc2cc(S(N)(=O)=O)ccc21. The fraction of sp³-hybridized carbons (Fsp3) is 0.250. The molecule has 1 heterocycles. The van der Waals surface area contributed by atoms with Crippen LogP contribution in [0.3, 0.4) is 0 Å². The summed E-state index contributed by atoms with van der Waals surface area (Å²) in [4.78, 5) is 28.8. The van der Waals surface area contributed by atoms with Gasteiger partial charge >= 0.3 is 6.61 Å². The highest BCUT2D eigenvalue weighted by atomic mass is 32.2. The number of amides is 2. The number of ether oxygens (including phenoxy) is 1. The number of imidazole rings is 1. The summed E-state index contributed by atoms with van der Waals surface area (Å²) in [5, 5.41) is 7.88. The predicted molar refractivity (Wildman–Crippen MR) is 118 cm³/mol. The van der Waals surface area contributed by atoms with Gasteiger partial charge in [0.15, 0.2) is 5.16 Å². The fourth-order valence-electron chi connectivity index (χ4n) is 2.97. The molecule has 0 bridgehead atoms. The molecule has 2 amide bonds. The number of imide groups is 1. The second-order valence-corrected chi connectivity index (χ2v) is 9.31. The lowest BCUT2D eigenvalue weighted by atomic mass is 10.2. The van der Waals surface area contributed by atoms with Crippen LogP contribution < -0.4 is 15.2 Å². The van der Waals surface area contributed by atoms with Crippen molar-refractivity contribution in [2.24, 2.45) is 5.14 Å². The minimum Gasteiger partial charge on any atom is -0.435 e. The molecule has 0 aliphatic heterocycles. The quantitative estimate of drug-likeness (QED) is 0.433. The van der Waals surface area contributed by atoms with E-state index in [1.807, 2.05) is 11.5 Å². The minimum atomic E-state index is -3.89. The molecule has 0 saturated heterocycles. The average Bonchev–Trinajstić information content (AvgIpc) is 3.09. The number of alkyl halides is 2. The van der Waals surface area contributed by atoms with Gasteiger partial charge in [0, 0.05) is 12.1 Å². The molecule has 3 aromatic rings. The van der Waals surface area contributed by atoms with Crippen LogP contribution >= 0.6 is 11.8 Å². The molecule has 0 atom stereocenters. The number of carbonyl (C=O) groups is 2. The van der Waals surface area contributed by atoms with Crippen molar-refractivity contribution >= 4 is 44.6 Å². The van der Waals surface area contributed by atoms with Gasteiger partial charge in [-0.1, -0.05) is 18.7 Å². The van der Waals surface area contributed by atoms with Crippen molar-refractivity contribution in [1.82, 2.24) is 14.9 Å². The van der Waals surface area contributed by atoms with Gasteiger partial charge in [-0.2, -0.15) is 8.78 Å². The molecule has 0 aliphatic rings. The van der Waals surface area contributed by atoms with Crippen LogP contribution in [-0.4, -0.2) is 42.1 Å². The van der Waals surface area contributed by atoms with Crippen molar-refractivity contribution in [2.75, 3.05) is 5.75 Å². The number of sulfonamides is 1. The number of benzene rings is 2. The molecule has 3 N–H and O–H groups in total. The van der Waals surface area contributed by atoms with E-state index in [1.165, 1.54) is 36.4 Å². The highest BCUT2D eigenvalue weighted by Crippen LogP contribution is 2.26. The highest BCUT2D eigenvalue weighted by Gasteiger charge is 2.17. The predicted octanol–water partition coefficient (Wildman–Crippen LogP) is 2.74. The van der Waals surface area contributed by atoms with Crippen LogP contribution in [-0.2, 0) is 21.4 Å². The van der Waals surface area contributed by atoms with Crippen molar-refractivity contribution in [1.29, 1.82) is 0 Å². The van der Waals surface area contributed by atoms with E-state index >= 15 is 0 Å². The Bertz CT molecular complexity index is 1280. The molecule has 2 aromatic carbocycles. The summed E-state index contributed by atoms with van der Waals surface area (Å²) in [5.74, 6) is -1.51. The van der Waals surface area contributed by atoms with E-state index in [2.05, 4.69) is 15.0 Å². The summed E-state index contributed by atoms with van der Waals surface area (Å²) in [6, 6.07) is 9.28. The second-order valence-electron chi connectivity index (χ2n) is 6.81. The maximum absolute atomic E-state index is 12.3. The van der Waals surface area contributed by atoms with Gasteiger partial charge in [0.2, 0.25) is 15.9 Å². The molecule has 1 aromatic heterocycles. The summed E-state index contributed by atoms with van der Waals surface area (Å²) in [5.41, 5.74) is 1.21. The molecule has 0 saturated carbocycles. The number of hydrogen-bond donors (Lipinski definition) is 2. The number of thioether (sulfide) groups is 1. The van der Waals surface area contributed by atoms with Gasteiger partial charge < -0.3 is 9.30 Å². The fourth-order valence-corrected chi connectivity index (χ4v) is 4.34. The number of rotatable bonds is 9. The topological polar surface area (TPSA) is 133 Å². The Kier molecular flexibility index (Phi) is 7.66. The van der Waals surface area contributed by atoms with Crippen LogP contribution in [0.25, 0.3) is 11.0 Å². The third-order valence-electron chi connectivity index (χ3n) is 4.39. The maximum atomic E-state index is 12.3. The molecule has 33 heavy (non-hydrogen) atoms. The van der Waals surface area contributed by atoms with Gasteiger partial charge in [-0.25, -0.2) is 18.5 Å². The van der Waals surface area contributed by atoms with Crippen LogP contribution in [0.15, 0.2) is 52.5 Å². The molecule has 3 rings (SSSR count). The third-order valence-corrected chi connectivity index (χ3v) is 6.27. The first-order valence-electron chi connectivity index (χ1n) is 9.63. The van der Waals surface area contributed by atoms with Crippen molar-refractivity contribution < 1.29 is 31.5 Å². The molecule has 0 aliphatic carbocycles. The average molecular weight is 499 g/mol. The molecule has 13 heteroatoms. The van der Waals surface area contributed by atoms with E-state index in [-0.39, 0.29) is 22.0 Å². The molecule has 0 spiro atoms. The smallest absolute Gasteiger partial charge is 0.387 e. The number of halogens is 2. The second kappa shape index (κ2) is 10.3. The number of aromatic nitrogens is 2. The third kappa shape index (κ3) is 6.27. The van der Waals surface area contributed by atoms with Crippen LogP contribution in [0.5, 0.6) is 5.75 Å². The summed E-state index contributed by atoms with van der Waals surface area (Å²) >= 11 is 1.08. The first-order valence-corrected chi connectivity index (χ1v) is 12.2. The Morgan fingerprint density at radius 3 is 2.52 bits per heavy atom. The van der Waals surface area contributed by atoms with E-state index in [9.17, 15) is 26.8 Å². The van der Waals surface area contributed by atoms with Gasteiger partial charge in [-0.3, -0.25) is 14.9 Å². The maximum Gasteiger partial charge on any atom is 0.387 e. The Morgan fingerprint density at radius 2 is 1.91 bits per heavy atom. The molecule has 0 radical (unpaired) electrons. The van der Waals surface area contributed by atoms with Gasteiger partial charge in [-0.05, 0) is 48.9 Å². The van der Waals surface area contributed by atoms with E-state index < -0.39 is 28.4 Å². The van der Waals surface area contributed by atoms with Crippen molar-refractivity contribution in [3.63, 3.8) is 0 Å². The van der Waals surface area contributed by atoms with Gasteiger partial charge in [0.25, 0.3) is 5.91 Å². The van der Waals surface area contributed by atoms with Gasteiger partial charge in [-0.15, -0.1) is 0 Å². The zero-order valence-corrected chi connectivity index (χ0v) is 19.0. The van der Waals surface area contributed by atoms with E-state index in [0.29, 0.717) is 22.7 Å².